The van der Waals surface area contributed by atoms with Gasteiger partial charge in [-0.25, -0.2) is 0 Å². The van der Waals surface area contributed by atoms with E-state index in [0.29, 0.717) is 0 Å². The highest BCUT2D eigenvalue weighted by atomic mass is 14.4. The molecule has 0 saturated heterocycles. The molecule has 0 spiro atoms. The summed E-state index contributed by atoms with van der Waals surface area (Å²) in [7, 11) is 0. The minimum absolute atomic E-state index is 1.07. The van der Waals surface area contributed by atoms with Crippen LogP contribution in [0, 0.1) is 29.6 Å². The topological polar surface area (TPSA) is 0 Å². The van der Waals surface area contributed by atoms with Crippen LogP contribution in [0.15, 0.2) is 0 Å². The van der Waals surface area contributed by atoms with Crippen LogP contribution in [0.25, 0.3) is 0 Å². The summed E-state index contributed by atoms with van der Waals surface area (Å²) in [5, 5.41) is 0. The average molecular weight is 277 g/mol. The SMILES string of the molecule is CCC1CCC(C2CCC(C3CCCCC3)CC2)CC1. The van der Waals surface area contributed by atoms with Crippen LogP contribution < -0.4 is 0 Å². The summed E-state index contributed by atoms with van der Waals surface area (Å²) in [5.74, 6) is 5.56. The Hall–Kier alpha value is 0. The van der Waals surface area contributed by atoms with Crippen LogP contribution in [0.3, 0.4) is 0 Å². The van der Waals surface area contributed by atoms with Crippen molar-refractivity contribution in [2.24, 2.45) is 29.6 Å². The molecule has 3 rings (SSSR count). The van der Waals surface area contributed by atoms with Gasteiger partial charge in [0, 0.05) is 0 Å². The lowest BCUT2D eigenvalue weighted by Gasteiger charge is -2.40. The van der Waals surface area contributed by atoms with Gasteiger partial charge in [-0.15, -0.1) is 0 Å². The van der Waals surface area contributed by atoms with E-state index in [0.717, 1.165) is 29.6 Å². The molecule has 0 bridgehead atoms. The van der Waals surface area contributed by atoms with E-state index in [2.05, 4.69) is 6.92 Å². The van der Waals surface area contributed by atoms with Crippen molar-refractivity contribution in [1.82, 2.24) is 0 Å². The Labute approximate surface area is 127 Å². The summed E-state index contributed by atoms with van der Waals surface area (Å²) in [6, 6.07) is 0. The van der Waals surface area contributed by atoms with Crippen molar-refractivity contribution in [3.8, 4) is 0 Å². The number of rotatable bonds is 3. The zero-order valence-electron chi connectivity index (χ0n) is 13.8. The van der Waals surface area contributed by atoms with Gasteiger partial charge in [-0.3, -0.25) is 0 Å². The second kappa shape index (κ2) is 7.32. The first-order chi connectivity index (χ1) is 9.86. The van der Waals surface area contributed by atoms with Crippen molar-refractivity contribution < 1.29 is 0 Å². The maximum Gasteiger partial charge on any atom is -0.0386 e. The molecular weight excluding hydrogens is 240 g/mol. The summed E-state index contributed by atoms with van der Waals surface area (Å²) in [5.41, 5.74) is 0. The molecule has 0 amide bonds. The molecule has 116 valence electrons. The van der Waals surface area contributed by atoms with Crippen LogP contribution in [0.2, 0.25) is 0 Å². The van der Waals surface area contributed by atoms with E-state index in [1.807, 2.05) is 0 Å². The van der Waals surface area contributed by atoms with Crippen molar-refractivity contribution in [3.63, 3.8) is 0 Å². The Bertz CT molecular complexity index is 260. The van der Waals surface area contributed by atoms with Crippen molar-refractivity contribution in [1.29, 1.82) is 0 Å². The van der Waals surface area contributed by atoms with Gasteiger partial charge in [0.15, 0.2) is 0 Å². The van der Waals surface area contributed by atoms with Gasteiger partial charge in [0.1, 0.15) is 0 Å². The van der Waals surface area contributed by atoms with Crippen LogP contribution in [-0.2, 0) is 0 Å². The lowest BCUT2D eigenvalue weighted by Crippen LogP contribution is -2.28. The van der Waals surface area contributed by atoms with E-state index < -0.39 is 0 Å². The molecule has 0 aliphatic heterocycles. The molecule has 3 aliphatic rings. The molecule has 0 atom stereocenters. The number of hydrogen-bond acceptors (Lipinski definition) is 0. The molecule has 3 aliphatic carbocycles. The standard InChI is InChI=1S/C20H36/c1-2-16-8-10-18(11-9-16)20-14-12-19(13-15-20)17-6-4-3-5-7-17/h16-20H,2-15H2,1H3. The predicted molar refractivity (Wildman–Crippen MR) is 87.8 cm³/mol. The van der Waals surface area contributed by atoms with Gasteiger partial charge in [0.25, 0.3) is 0 Å². The third-order valence-electron chi connectivity index (χ3n) is 7.27. The average Bonchev–Trinajstić information content (AvgIpc) is 2.56. The van der Waals surface area contributed by atoms with E-state index in [-0.39, 0.29) is 0 Å². The lowest BCUT2D eigenvalue weighted by molar-refractivity contribution is 0.112. The fraction of sp³-hybridized carbons (Fsp3) is 1.00. The highest BCUT2D eigenvalue weighted by Gasteiger charge is 2.33. The van der Waals surface area contributed by atoms with Gasteiger partial charge >= 0.3 is 0 Å². The van der Waals surface area contributed by atoms with Crippen molar-refractivity contribution >= 4 is 0 Å². The molecule has 0 aromatic rings. The van der Waals surface area contributed by atoms with Crippen molar-refractivity contribution in [2.75, 3.05) is 0 Å². The minimum atomic E-state index is 1.07. The van der Waals surface area contributed by atoms with Crippen LogP contribution in [0.4, 0.5) is 0 Å². The highest BCUT2D eigenvalue weighted by Crippen LogP contribution is 2.45. The largest absolute Gasteiger partial charge is 0.0651 e. The van der Waals surface area contributed by atoms with Crippen LogP contribution in [0.5, 0.6) is 0 Å². The molecule has 0 radical (unpaired) electrons. The Morgan fingerprint density at radius 1 is 0.500 bits per heavy atom. The Morgan fingerprint density at radius 2 is 0.900 bits per heavy atom. The quantitative estimate of drug-likeness (QED) is 0.545. The van der Waals surface area contributed by atoms with Gasteiger partial charge in [-0.1, -0.05) is 58.3 Å². The van der Waals surface area contributed by atoms with E-state index in [9.17, 15) is 0 Å². The first-order valence-electron chi connectivity index (χ1n) is 9.86. The van der Waals surface area contributed by atoms with Gasteiger partial charge < -0.3 is 0 Å². The van der Waals surface area contributed by atoms with Gasteiger partial charge in [0.2, 0.25) is 0 Å². The first-order valence-corrected chi connectivity index (χ1v) is 9.86. The maximum absolute atomic E-state index is 2.39. The zero-order chi connectivity index (χ0) is 13.8. The molecule has 3 saturated carbocycles. The van der Waals surface area contributed by atoms with Crippen LogP contribution in [-0.4, -0.2) is 0 Å². The molecule has 0 aromatic carbocycles. The highest BCUT2D eigenvalue weighted by molar-refractivity contribution is 4.84. The molecule has 0 aromatic heterocycles. The van der Waals surface area contributed by atoms with Crippen molar-refractivity contribution in [3.05, 3.63) is 0 Å². The molecular formula is C20H36. The monoisotopic (exact) mass is 276 g/mol. The van der Waals surface area contributed by atoms with E-state index in [4.69, 9.17) is 0 Å². The lowest BCUT2D eigenvalue weighted by atomic mass is 9.65. The molecule has 0 unspecified atom stereocenters. The van der Waals surface area contributed by atoms with E-state index in [1.165, 1.54) is 25.7 Å². The molecule has 0 heterocycles. The first kappa shape index (κ1) is 14.9. The molecule has 0 heteroatoms. The van der Waals surface area contributed by atoms with Gasteiger partial charge in [0.05, 0.1) is 0 Å². The van der Waals surface area contributed by atoms with Crippen LogP contribution in [0.1, 0.15) is 96.8 Å². The van der Waals surface area contributed by atoms with Gasteiger partial charge in [-0.05, 0) is 68.1 Å². The maximum atomic E-state index is 2.39. The summed E-state index contributed by atoms with van der Waals surface area (Å²) < 4.78 is 0. The second-order valence-electron chi connectivity index (χ2n) is 8.26. The molecule has 0 nitrogen and oxygen atoms in total. The van der Waals surface area contributed by atoms with E-state index in [1.54, 1.807) is 64.2 Å². The molecule has 20 heavy (non-hydrogen) atoms. The fourth-order valence-electron chi connectivity index (χ4n) is 5.76. The Balaban J connectivity index is 1.42. The Morgan fingerprint density at radius 3 is 1.35 bits per heavy atom. The Kier molecular flexibility index (Phi) is 5.46. The predicted octanol–water partition coefficient (Wildman–Crippen LogP) is 6.59. The summed E-state index contributed by atoms with van der Waals surface area (Å²) in [4.78, 5) is 0. The third-order valence-corrected chi connectivity index (χ3v) is 7.27. The minimum Gasteiger partial charge on any atom is -0.0651 e. The molecule has 3 fully saturated rings. The fourth-order valence-corrected chi connectivity index (χ4v) is 5.76. The van der Waals surface area contributed by atoms with Crippen LogP contribution >= 0.6 is 0 Å². The summed E-state index contributed by atoms with van der Waals surface area (Å²) in [6.45, 7) is 2.39. The number of hydrogen-bond donors (Lipinski definition) is 0. The third kappa shape index (κ3) is 3.60. The smallest absolute Gasteiger partial charge is 0.0386 e. The second-order valence-corrected chi connectivity index (χ2v) is 8.26. The van der Waals surface area contributed by atoms with E-state index >= 15 is 0 Å². The summed E-state index contributed by atoms with van der Waals surface area (Å²) in [6.07, 6.45) is 21.7. The van der Waals surface area contributed by atoms with Gasteiger partial charge in [-0.2, -0.15) is 0 Å². The molecule has 0 N–H and O–H groups in total. The normalized spacial score (nSPS) is 40.6. The zero-order valence-corrected chi connectivity index (χ0v) is 13.8. The summed E-state index contributed by atoms with van der Waals surface area (Å²) >= 11 is 0. The van der Waals surface area contributed by atoms with Crippen molar-refractivity contribution in [2.45, 2.75) is 96.8 Å².